The van der Waals surface area contributed by atoms with Crippen LogP contribution in [-0.2, 0) is 6.42 Å². The van der Waals surface area contributed by atoms with E-state index in [-0.39, 0.29) is 5.69 Å². The Labute approximate surface area is 128 Å². The second-order valence-corrected chi connectivity index (χ2v) is 4.85. The summed E-state index contributed by atoms with van der Waals surface area (Å²) < 4.78 is 0. The Kier molecular flexibility index (Phi) is 4.73. The number of anilines is 2. The molecule has 0 bridgehead atoms. The van der Waals surface area contributed by atoms with Crippen molar-refractivity contribution in [3.8, 4) is 0 Å². The summed E-state index contributed by atoms with van der Waals surface area (Å²) in [5, 5.41) is 16.3. The zero-order valence-electron chi connectivity index (χ0n) is 12.4. The van der Waals surface area contributed by atoms with Crippen molar-refractivity contribution >= 4 is 23.1 Å². The number of nitrogens with one attached hydrogen (secondary N) is 2. The Hall–Kier alpha value is -2.89. The minimum absolute atomic E-state index is 0.0215. The molecule has 0 radical (unpaired) electrons. The zero-order valence-corrected chi connectivity index (χ0v) is 12.4. The van der Waals surface area contributed by atoms with E-state index in [0.717, 1.165) is 17.7 Å². The number of nitro benzene ring substituents is 1. The minimum Gasteiger partial charge on any atom is -0.307 e. The van der Waals surface area contributed by atoms with Gasteiger partial charge in [-0.05, 0) is 31.0 Å². The maximum atomic E-state index is 12.0. The first-order valence-corrected chi connectivity index (χ1v) is 6.92. The maximum absolute atomic E-state index is 12.0. The molecule has 0 atom stereocenters. The Morgan fingerprint density at radius 3 is 2.59 bits per heavy atom. The Morgan fingerprint density at radius 1 is 1.18 bits per heavy atom. The number of hydrogen-bond donors (Lipinski definition) is 2. The number of urea groups is 1. The molecule has 0 aliphatic heterocycles. The number of carbonyl (C=O) groups excluding carboxylic acids is 1. The van der Waals surface area contributed by atoms with E-state index in [1.54, 1.807) is 19.1 Å². The van der Waals surface area contributed by atoms with Gasteiger partial charge in [-0.1, -0.05) is 31.2 Å². The van der Waals surface area contributed by atoms with Gasteiger partial charge in [-0.15, -0.1) is 0 Å². The van der Waals surface area contributed by atoms with E-state index in [1.165, 1.54) is 6.07 Å². The van der Waals surface area contributed by atoms with Crippen LogP contribution in [0.5, 0.6) is 0 Å². The molecule has 0 saturated heterocycles. The molecular formula is C16H17N3O3. The number of amides is 2. The highest BCUT2D eigenvalue weighted by Crippen LogP contribution is 2.22. The molecule has 2 N–H and O–H groups in total. The minimum atomic E-state index is -0.467. The number of nitrogens with zero attached hydrogens (tertiary/aromatic N) is 1. The van der Waals surface area contributed by atoms with Gasteiger partial charge in [0, 0.05) is 23.0 Å². The lowest BCUT2D eigenvalue weighted by atomic mass is 10.1. The molecule has 2 amide bonds. The number of carbonyl (C=O) groups is 1. The summed E-state index contributed by atoms with van der Waals surface area (Å²) in [4.78, 5) is 22.5. The molecule has 6 heteroatoms. The molecule has 114 valence electrons. The van der Waals surface area contributed by atoms with E-state index >= 15 is 0 Å². The molecule has 0 aromatic heterocycles. The van der Waals surface area contributed by atoms with Crippen LogP contribution in [0.2, 0.25) is 0 Å². The van der Waals surface area contributed by atoms with Gasteiger partial charge < -0.3 is 10.6 Å². The first kappa shape index (κ1) is 15.5. The van der Waals surface area contributed by atoms with E-state index < -0.39 is 11.0 Å². The second kappa shape index (κ2) is 6.71. The highest BCUT2D eigenvalue weighted by molar-refractivity contribution is 6.00. The van der Waals surface area contributed by atoms with Gasteiger partial charge in [0.15, 0.2) is 0 Å². The number of para-hydroxylation sites is 1. The highest BCUT2D eigenvalue weighted by atomic mass is 16.6. The monoisotopic (exact) mass is 299 g/mol. The third-order valence-corrected chi connectivity index (χ3v) is 3.31. The van der Waals surface area contributed by atoms with Gasteiger partial charge >= 0.3 is 6.03 Å². The number of nitro groups is 1. The Balaban J connectivity index is 2.12. The van der Waals surface area contributed by atoms with Crippen LogP contribution in [-0.4, -0.2) is 11.0 Å². The van der Waals surface area contributed by atoms with Gasteiger partial charge in [0.05, 0.1) is 4.92 Å². The molecule has 0 aliphatic carbocycles. The SMILES string of the molecule is CCc1ccccc1NC(=O)Nc1ccc(C)c([N+](=O)[O-])c1. The summed E-state index contributed by atoms with van der Waals surface area (Å²) in [5.74, 6) is 0. The molecule has 0 fully saturated rings. The van der Waals surface area contributed by atoms with Crippen molar-refractivity contribution < 1.29 is 9.72 Å². The van der Waals surface area contributed by atoms with Gasteiger partial charge in [-0.25, -0.2) is 4.79 Å². The first-order valence-electron chi connectivity index (χ1n) is 6.92. The van der Waals surface area contributed by atoms with Crippen molar-refractivity contribution in [3.05, 3.63) is 63.7 Å². The fraction of sp³-hybridized carbons (Fsp3) is 0.188. The predicted octanol–water partition coefficient (Wildman–Crippen LogP) is 4.11. The van der Waals surface area contributed by atoms with E-state index in [2.05, 4.69) is 10.6 Å². The van der Waals surface area contributed by atoms with E-state index in [4.69, 9.17) is 0 Å². The van der Waals surface area contributed by atoms with Gasteiger partial charge in [-0.3, -0.25) is 10.1 Å². The van der Waals surface area contributed by atoms with Crippen LogP contribution in [0, 0.1) is 17.0 Å². The maximum Gasteiger partial charge on any atom is 0.323 e. The fourth-order valence-electron chi connectivity index (χ4n) is 2.12. The third-order valence-electron chi connectivity index (χ3n) is 3.31. The van der Waals surface area contributed by atoms with E-state index in [9.17, 15) is 14.9 Å². The van der Waals surface area contributed by atoms with Crippen molar-refractivity contribution in [1.29, 1.82) is 0 Å². The van der Waals surface area contributed by atoms with Crippen LogP contribution >= 0.6 is 0 Å². The lowest BCUT2D eigenvalue weighted by Crippen LogP contribution is -2.20. The predicted molar refractivity (Wildman–Crippen MR) is 86.3 cm³/mol. The molecule has 0 unspecified atom stereocenters. The third kappa shape index (κ3) is 3.60. The molecule has 0 aliphatic rings. The van der Waals surface area contributed by atoms with E-state index in [0.29, 0.717) is 11.3 Å². The quantitative estimate of drug-likeness (QED) is 0.658. The largest absolute Gasteiger partial charge is 0.323 e. The fourth-order valence-corrected chi connectivity index (χ4v) is 2.12. The topological polar surface area (TPSA) is 84.3 Å². The van der Waals surface area contributed by atoms with Crippen molar-refractivity contribution in [3.63, 3.8) is 0 Å². The second-order valence-electron chi connectivity index (χ2n) is 4.85. The Bertz CT molecular complexity index is 714. The summed E-state index contributed by atoms with van der Waals surface area (Å²) in [7, 11) is 0. The Morgan fingerprint density at radius 2 is 1.91 bits per heavy atom. The molecule has 0 heterocycles. The van der Waals surface area contributed by atoms with Crippen molar-refractivity contribution in [1.82, 2.24) is 0 Å². The van der Waals surface area contributed by atoms with Crippen LogP contribution < -0.4 is 10.6 Å². The smallest absolute Gasteiger partial charge is 0.307 e. The number of rotatable bonds is 4. The average Bonchev–Trinajstić information content (AvgIpc) is 2.49. The standard InChI is InChI=1S/C16H17N3O3/c1-3-12-6-4-5-7-14(12)18-16(20)17-13-9-8-11(2)15(10-13)19(21)22/h4-10H,3H2,1-2H3,(H2,17,18,20). The van der Waals surface area contributed by atoms with Crippen molar-refractivity contribution in [2.24, 2.45) is 0 Å². The summed E-state index contributed by atoms with van der Waals surface area (Å²) >= 11 is 0. The summed E-state index contributed by atoms with van der Waals surface area (Å²) in [6.07, 6.45) is 0.798. The van der Waals surface area contributed by atoms with Gasteiger partial charge in [-0.2, -0.15) is 0 Å². The van der Waals surface area contributed by atoms with Crippen molar-refractivity contribution in [2.45, 2.75) is 20.3 Å². The molecule has 2 aromatic carbocycles. The van der Waals surface area contributed by atoms with Crippen LogP contribution in [0.4, 0.5) is 21.9 Å². The highest BCUT2D eigenvalue weighted by Gasteiger charge is 2.12. The summed E-state index contributed by atoms with van der Waals surface area (Å²) in [6.45, 7) is 3.65. The normalized spacial score (nSPS) is 10.1. The zero-order chi connectivity index (χ0) is 16.1. The molecule has 6 nitrogen and oxygen atoms in total. The molecule has 2 rings (SSSR count). The van der Waals surface area contributed by atoms with Crippen molar-refractivity contribution in [2.75, 3.05) is 10.6 Å². The molecule has 2 aromatic rings. The number of hydrogen-bond acceptors (Lipinski definition) is 3. The van der Waals surface area contributed by atoms with Crippen LogP contribution in [0.15, 0.2) is 42.5 Å². The van der Waals surface area contributed by atoms with Crippen LogP contribution in [0.25, 0.3) is 0 Å². The van der Waals surface area contributed by atoms with Gasteiger partial charge in [0.25, 0.3) is 5.69 Å². The van der Waals surface area contributed by atoms with Crippen LogP contribution in [0.1, 0.15) is 18.1 Å². The number of aryl methyl sites for hydroxylation is 2. The molecule has 22 heavy (non-hydrogen) atoms. The molecule has 0 saturated carbocycles. The van der Waals surface area contributed by atoms with E-state index in [1.807, 2.05) is 31.2 Å². The lowest BCUT2D eigenvalue weighted by Gasteiger charge is -2.11. The summed E-state index contributed by atoms with van der Waals surface area (Å²) in [6, 6.07) is 11.7. The summed E-state index contributed by atoms with van der Waals surface area (Å²) in [5.41, 5.74) is 2.65. The van der Waals surface area contributed by atoms with Crippen LogP contribution in [0.3, 0.4) is 0 Å². The van der Waals surface area contributed by atoms with Gasteiger partial charge in [0.1, 0.15) is 0 Å². The number of benzene rings is 2. The lowest BCUT2D eigenvalue weighted by molar-refractivity contribution is -0.385. The molecular weight excluding hydrogens is 282 g/mol. The average molecular weight is 299 g/mol. The van der Waals surface area contributed by atoms with Gasteiger partial charge in [0.2, 0.25) is 0 Å². The first-order chi connectivity index (χ1) is 10.5. The molecule has 0 spiro atoms.